The highest BCUT2D eigenvalue weighted by molar-refractivity contribution is 7.11. The maximum atomic E-state index is 12.7. The Morgan fingerprint density at radius 1 is 0.763 bits per heavy atom. The molecule has 4 aliphatic heterocycles. The molecule has 0 amide bonds. The Bertz CT molecular complexity index is 2480. The number of carbonyl (C=O) groups excluding carboxylic acids is 1. The van der Waals surface area contributed by atoms with Crippen LogP contribution in [0.1, 0.15) is 112 Å². The highest BCUT2D eigenvalue weighted by Crippen LogP contribution is 2.33. The van der Waals surface area contributed by atoms with Crippen molar-refractivity contribution in [3.63, 3.8) is 0 Å². The van der Waals surface area contributed by atoms with Crippen molar-refractivity contribution in [1.82, 2.24) is 59.3 Å². The number of hydrogen-bond acceptors (Lipinski definition) is 15. The second kappa shape index (κ2) is 18.4. The molecule has 4 unspecified atom stereocenters. The Labute approximate surface area is 349 Å². The second-order valence-electron chi connectivity index (χ2n) is 16.1. The minimum Gasteiger partial charge on any atom is -0.381 e. The average molecular weight is 845 g/mol. The van der Waals surface area contributed by atoms with Crippen molar-refractivity contribution in [3.05, 3.63) is 88.6 Å². The molecule has 4 saturated heterocycles. The van der Waals surface area contributed by atoms with Gasteiger partial charge in [-0.25, -0.2) is 29.0 Å². The fourth-order valence-electron chi connectivity index (χ4n) is 8.53. The van der Waals surface area contributed by atoms with Crippen LogP contribution in [0.15, 0.2) is 33.6 Å². The molecule has 0 radical (unpaired) electrons. The van der Waals surface area contributed by atoms with Crippen LogP contribution in [-0.4, -0.2) is 113 Å². The average Bonchev–Trinajstić information content (AvgIpc) is 4.11. The molecule has 4 fully saturated rings. The highest BCUT2D eigenvalue weighted by atomic mass is 32.1. The number of fused-ring (bicyclic) bond motifs is 2. The van der Waals surface area contributed by atoms with Gasteiger partial charge < -0.3 is 24.8 Å². The molecule has 0 bridgehead atoms. The molecule has 0 aromatic carbocycles. The lowest BCUT2D eigenvalue weighted by Crippen LogP contribution is -2.24. The molecule has 17 nitrogen and oxygen atoms in total. The number of aromatic amines is 2. The fourth-order valence-corrected chi connectivity index (χ4v) is 9.92. The molecule has 4 aliphatic rings. The minimum atomic E-state index is -0.107. The fraction of sp³-hybridized carbons (Fsp3) is 0.575. The number of H-pyrrole nitrogens is 2. The van der Waals surface area contributed by atoms with E-state index in [0.29, 0.717) is 40.4 Å². The zero-order chi connectivity index (χ0) is 41.0. The molecular weight excluding hydrogens is 793 g/mol. The number of hydrogen-bond donors (Lipinski definition) is 3. The number of likely N-dealkylation sites (tertiary alicyclic amines) is 1. The first-order valence-corrected chi connectivity index (χ1v) is 22.2. The molecule has 3 N–H and O–H groups in total. The third-order valence-electron chi connectivity index (χ3n) is 11.8. The van der Waals surface area contributed by atoms with Gasteiger partial charge in [0.25, 0.3) is 11.1 Å². The zero-order valence-electron chi connectivity index (χ0n) is 33.9. The molecule has 19 heteroatoms. The molecule has 314 valence electrons. The number of aldehydes is 1. The molecule has 6 aromatic rings. The van der Waals surface area contributed by atoms with Crippen molar-refractivity contribution >= 4 is 40.0 Å². The van der Waals surface area contributed by atoms with E-state index in [1.54, 1.807) is 38.1 Å². The molecule has 0 aliphatic carbocycles. The lowest BCUT2D eigenvalue weighted by atomic mass is 9.97. The topological polar surface area (TPSA) is 203 Å². The summed E-state index contributed by atoms with van der Waals surface area (Å²) in [4.78, 5) is 62.0. The van der Waals surface area contributed by atoms with Gasteiger partial charge in [0, 0.05) is 92.7 Å². The van der Waals surface area contributed by atoms with E-state index in [1.807, 2.05) is 20.0 Å². The Hall–Kier alpha value is -4.53. The van der Waals surface area contributed by atoms with E-state index in [2.05, 4.69) is 54.0 Å². The van der Waals surface area contributed by atoms with Gasteiger partial charge in [0.15, 0.2) is 17.3 Å². The number of nitrogens with one attached hydrogen (secondary N) is 3. The number of thiazole rings is 2. The summed E-state index contributed by atoms with van der Waals surface area (Å²) >= 11 is 3.23. The van der Waals surface area contributed by atoms with E-state index in [-0.39, 0.29) is 23.0 Å². The number of nitrogens with zero attached hydrogens (tertiary/aromatic N) is 9. The zero-order valence-corrected chi connectivity index (χ0v) is 35.6. The third-order valence-corrected chi connectivity index (χ3v) is 13.5. The quantitative estimate of drug-likeness (QED) is 0.193. The molecule has 6 aromatic heterocycles. The first-order valence-electron chi connectivity index (χ1n) is 20.5. The van der Waals surface area contributed by atoms with Gasteiger partial charge in [-0.1, -0.05) is 13.8 Å². The maximum Gasteiger partial charge on any atom is 0.276 e. The molecule has 4 atom stereocenters. The summed E-state index contributed by atoms with van der Waals surface area (Å²) < 4.78 is 14.4. The van der Waals surface area contributed by atoms with Gasteiger partial charge >= 0.3 is 0 Å². The molecule has 10 heterocycles. The molecule has 0 spiro atoms. The monoisotopic (exact) mass is 844 g/mol. The number of ether oxygens (including phenoxy) is 2. The van der Waals surface area contributed by atoms with E-state index >= 15 is 0 Å². The Morgan fingerprint density at radius 2 is 1.36 bits per heavy atom. The number of carbonyl (C=O) groups is 1. The number of aryl methyl sites for hydroxylation is 2. The van der Waals surface area contributed by atoms with E-state index < -0.39 is 0 Å². The Balaban J connectivity index is 0.000000142. The van der Waals surface area contributed by atoms with Gasteiger partial charge in [-0.05, 0) is 57.9 Å². The van der Waals surface area contributed by atoms with Gasteiger partial charge in [-0.15, -0.1) is 22.7 Å². The Kier molecular flexibility index (Phi) is 12.8. The van der Waals surface area contributed by atoms with Gasteiger partial charge in [0.05, 0.1) is 22.4 Å². The van der Waals surface area contributed by atoms with Crippen LogP contribution in [0.2, 0.25) is 0 Å². The summed E-state index contributed by atoms with van der Waals surface area (Å²) in [7, 11) is 0. The predicted molar refractivity (Wildman–Crippen MR) is 224 cm³/mol. The van der Waals surface area contributed by atoms with Crippen molar-refractivity contribution in [2.45, 2.75) is 83.6 Å². The standard InChI is InChI=1S/C20H26N6O2S.C15H21N5O2.C5H5NOS/c1-12-9-25(10-15-7-21-13(2)29-15)11-16(12)18-23-20(27)17-8-22-19(26(17)24-18)14-3-5-28-6-4-14;1-9-6-16-7-11(9)13-18-15(21)12-8-17-14(20(12)19-13)10-2-4-22-5-3-10;1-4-6-5(2-7)3-8-4/h7-8,12,14,16H,3-6,9-11H2,1-2H3,(H,23,24,27);8-11,16H,2-7H2,1H3,(H,18,19,21);2-3H,1H3. The first-order chi connectivity index (χ1) is 28.6. The molecule has 10 rings (SSSR count). The minimum absolute atomic E-state index is 0.102. The number of aromatic nitrogens is 10. The van der Waals surface area contributed by atoms with Crippen molar-refractivity contribution in [2.75, 3.05) is 52.6 Å². The van der Waals surface area contributed by atoms with Crippen LogP contribution < -0.4 is 16.4 Å². The lowest BCUT2D eigenvalue weighted by molar-refractivity contribution is 0.0831. The van der Waals surface area contributed by atoms with Crippen molar-refractivity contribution in [3.8, 4) is 0 Å². The van der Waals surface area contributed by atoms with Crippen LogP contribution in [0.3, 0.4) is 0 Å². The van der Waals surface area contributed by atoms with E-state index in [9.17, 15) is 14.4 Å². The second-order valence-corrected chi connectivity index (χ2v) is 18.4. The van der Waals surface area contributed by atoms with E-state index in [4.69, 9.17) is 19.7 Å². The first kappa shape index (κ1) is 41.2. The SMILES string of the molecule is CC1CNCC1c1nn2c(C3CCOCC3)ncc2c(=O)[nH]1.Cc1nc(C=O)cs1.Cc1ncc(CN2CC(C)C(c3nn4c(C5CCOCC5)ncc4c(=O)[nH]3)C2)s1. The van der Waals surface area contributed by atoms with Crippen molar-refractivity contribution < 1.29 is 14.3 Å². The van der Waals surface area contributed by atoms with Gasteiger partial charge in [-0.2, -0.15) is 10.2 Å². The number of rotatable bonds is 7. The summed E-state index contributed by atoms with van der Waals surface area (Å²) in [6, 6.07) is 0. The summed E-state index contributed by atoms with van der Waals surface area (Å²) in [5.74, 6) is 5.26. The van der Waals surface area contributed by atoms with Crippen LogP contribution in [0.25, 0.3) is 11.0 Å². The van der Waals surface area contributed by atoms with Crippen LogP contribution >= 0.6 is 22.7 Å². The lowest BCUT2D eigenvalue weighted by Gasteiger charge is -2.21. The van der Waals surface area contributed by atoms with Crippen LogP contribution in [0.5, 0.6) is 0 Å². The van der Waals surface area contributed by atoms with Gasteiger partial charge in [0.1, 0.15) is 29.0 Å². The summed E-state index contributed by atoms with van der Waals surface area (Å²) in [6.07, 6.45) is 9.72. The Morgan fingerprint density at radius 3 is 1.83 bits per heavy atom. The summed E-state index contributed by atoms with van der Waals surface area (Å²) in [5.41, 5.74) is 1.38. The highest BCUT2D eigenvalue weighted by Gasteiger charge is 2.34. The van der Waals surface area contributed by atoms with E-state index in [0.717, 1.165) is 124 Å². The van der Waals surface area contributed by atoms with Crippen LogP contribution in [0.4, 0.5) is 0 Å². The molecular formula is C40H52N12O5S2. The molecule has 59 heavy (non-hydrogen) atoms. The summed E-state index contributed by atoms with van der Waals surface area (Å²) in [6.45, 7) is 15.9. The molecule has 0 saturated carbocycles. The summed E-state index contributed by atoms with van der Waals surface area (Å²) in [5, 5.41) is 16.7. The smallest absolute Gasteiger partial charge is 0.276 e. The van der Waals surface area contributed by atoms with Crippen LogP contribution in [-0.2, 0) is 16.0 Å². The van der Waals surface area contributed by atoms with E-state index in [1.165, 1.54) is 16.2 Å². The predicted octanol–water partition coefficient (Wildman–Crippen LogP) is 4.21. The normalized spacial score (nSPS) is 23.0. The van der Waals surface area contributed by atoms with Crippen LogP contribution in [0, 0.1) is 25.7 Å². The van der Waals surface area contributed by atoms with Gasteiger partial charge in [-0.3, -0.25) is 19.3 Å². The third kappa shape index (κ3) is 9.29. The largest absolute Gasteiger partial charge is 0.381 e. The van der Waals surface area contributed by atoms with Crippen molar-refractivity contribution in [1.29, 1.82) is 0 Å². The van der Waals surface area contributed by atoms with Crippen molar-refractivity contribution in [2.24, 2.45) is 11.8 Å². The maximum absolute atomic E-state index is 12.7. The number of imidazole rings is 2. The van der Waals surface area contributed by atoms with Gasteiger partial charge in [0.2, 0.25) is 0 Å².